The van der Waals surface area contributed by atoms with Gasteiger partial charge in [-0.05, 0) is 186 Å². The zero-order valence-corrected chi connectivity index (χ0v) is 43.5. The van der Waals surface area contributed by atoms with Crippen LogP contribution >= 0.6 is 0 Å². The van der Waals surface area contributed by atoms with E-state index < -0.39 is 22.7 Å². The molecule has 0 aromatic heterocycles. The van der Waals surface area contributed by atoms with Gasteiger partial charge >= 0.3 is 22.7 Å². The molecule has 0 amide bonds. The number of rotatable bonds is 16. The smallest absolute Gasteiger partial charge is 0.357 e. The van der Waals surface area contributed by atoms with Gasteiger partial charge in [-0.15, -0.1) is 0 Å². The van der Waals surface area contributed by atoms with E-state index in [1.165, 1.54) is 58.7 Å². The van der Waals surface area contributed by atoms with E-state index in [0.29, 0.717) is 51.0 Å². The molecule has 2 aliphatic rings. The molecule has 384 valence electrons. The maximum Gasteiger partial charge on any atom is 0.357 e. The molecule has 3 atom stereocenters. The highest BCUT2D eigenvalue weighted by Gasteiger charge is 2.56. The summed E-state index contributed by atoms with van der Waals surface area (Å²) >= 11 is -5.42. The number of aryl methyl sites for hydroxylation is 1. The van der Waals surface area contributed by atoms with Crippen LogP contribution in [0.15, 0.2) is 170 Å². The number of hydrogen-bond acceptors (Lipinski definition) is 11. The summed E-state index contributed by atoms with van der Waals surface area (Å²) in [7, 11) is 0. The molecule has 13 nitrogen and oxygen atoms in total. The molecule has 76 heavy (non-hydrogen) atoms. The number of phenols is 1. The summed E-state index contributed by atoms with van der Waals surface area (Å²) in [5, 5.41) is 10.0. The zero-order chi connectivity index (χ0) is 53.7. The number of fused-ring (bicyclic) bond motifs is 4. The Kier molecular flexibility index (Phi) is 13.6. The third-order valence-electron chi connectivity index (χ3n) is 14.1. The highest BCUT2D eigenvalue weighted by Crippen LogP contribution is 2.63. The van der Waals surface area contributed by atoms with Crippen LogP contribution in [-0.2, 0) is 39.0 Å². The van der Waals surface area contributed by atoms with Crippen molar-refractivity contribution >= 4 is 40.1 Å². The van der Waals surface area contributed by atoms with Crippen molar-refractivity contribution in [2.24, 2.45) is 0 Å². The Bertz CT molecular complexity index is 3640. The van der Waals surface area contributed by atoms with Crippen LogP contribution in [0.2, 0.25) is 0 Å². The summed E-state index contributed by atoms with van der Waals surface area (Å²) < 4.78 is 70.7. The molecular weight excluding hydrogens is 1000 g/mol. The van der Waals surface area contributed by atoms with E-state index in [1.54, 1.807) is 84.9 Å². The van der Waals surface area contributed by atoms with E-state index in [9.17, 15) is 32.5 Å². The molecule has 15 heteroatoms. The molecule has 0 heterocycles. The number of carbonyl (C=O) groups is 3. The molecule has 8 aromatic rings. The molecule has 1 spiro atoms. The second kappa shape index (κ2) is 20.1. The molecule has 8 aromatic carbocycles. The lowest BCUT2D eigenvalue weighted by Gasteiger charge is -2.30. The molecule has 10 rings (SSSR count). The first-order chi connectivity index (χ1) is 36.2. The Morgan fingerprint density at radius 3 is 1.21 bits per heavy atom. The third kappa shape index (κ3) is 10.3. The minimum atomic E-state index is -2.73. The summed E-state index contributed by atoms with van der Waals surface area (Å²) in [5.41, 5.74) is 7.12. The highest BCUT2D eigenvalue weighted by atomic mass is 32.2. The number of ketones is 3. The monoisotopic (exact) mass is 1050 g/mol. The molecular formula is C61H50O13S2. The van der Waals surface area contributed by atoms with Crippen LogP contribution in [0, 0.1) is 6.92 Å². The fourth-order valence-corrected chi connectivity index (χ4v) is 11.3. The van der Waals surface area contributed by atoms with E-state index in [-0.39, 0.29) is 67.7 Å². The average Bonchev–Trinajstić information content (AvgIpc) is 3.81. The van der Waals surface area contributed by atoms with Gasteiger partial charge in [0.2, 0.25) is 0 Å². The van der Waals surface area contributed by atoms with Gasteiger partial charge in [-0.25, -0.2) is 0 Å². The van der Waals surface area contributed by atoms with Gasteiger partial charge < -0.3 is 27.7 Å². The summed E-state index contributed by atoms with van der Waals surface area (Å²) in [5.74, 6) is 0.987. The number of ether oxygens (including phenoxy) is 3. The van der Waals surface area contributed by atoms with Crippen LogP contribution in [0.1, 0.15) is 116 Å². The van der Waals surface area contributed by atoms with Crippen molar-refractivity contribution in [3.63, 3.8) is 0 Å². The number of carbonyl (C=O) groups excluding carboxylic acids is 3. The SMILES string of the molecule is Cc1ccc(C(=O)c2ccc(Oc3ccc(C(=O)c4ccc(Oc5ccc6c(c5)C5(CC(C)(C)c7ccc(Oc8ccc(C(=O)c9ccc(O)c(OS(=O)O)c9)cc8)cc75)CC6(C)C)cc4)cc3OS(=O)O)cc2)cc1. The van der Waals surface area contributed by atoms with Gasteiger partial charge in [0.25, 0.3) is 0 Å². The van der Waals surface area contributed by atoms with Crippen LogP contribution in [0.4, 0.5) is 0 Å². The van der Waals surface area contributed by atoms with Gasteiger partial charge in [-0.1, -0.05) is 69.7 Å². The van der Waals surface area contributed by atoms with Crippen molar-refractivity contribution in [2.75, 3.05) is 0 Å². The van der Waals surface area contributed by atoms with Crippen molar-refractivity contribution in [1.29, 1.82) is 0 Å². The third-order valence-corrected chi connectivity index (χ3v) is 14.7. The summed E-state index contributed by atoms with van der Waals surface area (Å²) in [6.45, 7) is 11.0. The molecule has 0 radical (unpaired) electrons. The van der Waals surface area contributed by atoms with Crippen LogP contribution in [-0.4, -0.2) is 40.0 Å². The van der Waals surface area contributed by atoms with Crippen LogP contribution in [0.25, 0.3) is 0 Å². The van der Waals surface area contributed by atoms with Crippen molar-refractivity contribution in [3.05, 3.63) is 231 Å². The van der Waals surface area contributed by atoms with Gasteiger partial charge in [0, 0.05) is 38.8 Å². The van der Waals surface area contributed by atoms with Crippen LogP contribution in [0.5, 0.6) is 51.7 Å². The summed E-state index contributed by atoms with van der Waals surface area (Å²) in [6.07, 6.45) is 1.70. The first-order valence-corrected chi connectivity index (χ1v) is 26.2. The number of hydrogen-bond donors (Lipinski definition) is 3. The summed E-state index contributed by atoms with van der Waals surface area (Å²) in [4.78, 5) is 40.2. The van der Waals surface area contributed by atoms with Crippen molar-refractivity contribution in [2.45, 2.75) is 63.7 Å². The predicted molar refractivity (Wildman–Crippen MR) is 287 cm³/mol. The van der Waals surface area contributed by atoms with E-state index in [1.807, 2.05) is 31.2 Å². The maximum absolute atomic E-state index is 13.9. The van der Waals surface area contributed by atoms with Gasteiger partial charge in [0.1, 0.15) is 28.7 Å². The van der Waals surface area contributed by atoms with Crippen LogP contribution in [0.3, 0.4) is 0 Å². The maximum atomic E-state index is 13.9. The topological polar surface area (TPSA) is 192 Å². The van der Waals surface area contributed by atoms with Gasteiger partial charge in [-0.2, -0.15) is 8.42 Å². The van der Waals surface area contributed by atoms with Gasteiger partial charge in [0.15, 0.2) is 40.3 Å². The number of phenolic OH excluding ortho intramolecular Hbond substituents is 1. The quantitative estimate of drug-likeness (QED) is 0.0612. The normalized spacial score (nSPS) is 16.5. The standard InChI is InChI=1S/C61H50O13S2/c1-36-6-8-37(9-7-36)56(63)38-14-22-45(23-15-38)72-53-29-17-42(31-55(53)74-76(68)69)58(65)40-12-20-44(21-13-40)71-47-25-27-49-51(33-47)61(35-60(49,4)5)34-59(2,3)48-26-24-46(32-50(48)61)70-43-18-10-39(11-19-43)57(64)41-16-28-52(62)54(30-41)73-75(66)67/h6-33,62H,34-35H2,1-5H3,(H,66,67)(H,68,69). The lowest BCUT2D eigenvalue weighted by molar-refractivity contribution is 0.103. The molecule has 2 aliphatic carbocycles. The Labute approximate surface area is 444 Å². The van der Waals surface area contributed by atoms with Gasteiger partial charge in [0.05, 0.1) is 0 Å². The minimum Gasteiger partial charge on any atom is -0.504 e. The van der Waals surface area contributed by atoms with Crippen molar-refractivity contribution < 1.29 is 59.6 Å². The molecule has 0 saturated carbocycles. The molecule has 0 aliphatic heterocycles. The van der Waals surface area contributed by atoms with Crippen molar-refractivity contribution in [3.8, 4) is 51.7 Å². The Hall–Kier alpha value is -8.21. The Morgan fingerprint density at radius 1 is 0.408 bits per heavy atom. The molecule has 3 unspecified atom stereocenters. The largest absolute Gasteiger partial charge is 0.504 e. The molecule has 0 bridgehead atoms. The molecule has 3 N–H and O–H groups in total. The average molecular weight is 1060 g/mol. The Morgan fingerprint density at radius 2 is 0.763 bits per heavy atom. The zero-order valence-electron chi connectivity index (χ0n) is 41.8. The second-order valence-corrected chi connectivity index (χ2v) is 21.5. The lowest BCUT2D eigenvalue weighted by Crippen LogP contribution is -2.27. The fourth-order valence-electron chi connectivity index (χ4n) is 10.7. The van der Waals surface area contributed by atoms with E-state index in [4.69, 9.17) is 27.1 Å². The number of benzene rings is 8. The first kappa shape index (κ1) is 51.3. The van der Waals surface area contributed by atoms with E-state index >= 15 is 0 Å². The highest BCUT2D eigenvalue weighted by molar-refractivity contribution is 7.74. The lowest BCUT2D eigenvalue weighted by atomic mass is 9.72. The second-order valence-electron chi connectivity index (χ2n) is 20.3. The summed E-state index contributed by atoms with van der Waals surface area (Å²) in [6, 6.07) is 47.8. The van der Waals surface area contributed by atoms with Gasteiger partial charge in [-0.3, -0.25) is 23.5 Å². The van der Waals surface area contributed by atoms with Crippen LogP contribution < -0.4 is 22.6 Å². The Balaban J connectivity index is 0.849. The first-order valence-electron chi connectivity index (χ1n) is 24.2. The predicted octanol–water partition coefficient (Wildman–Crippen LogP) is 13.5. The minimum absolute atomic E-state index is 0.0824. The molecule has 0 saturated heterocycles. The van der Waals surface area contributed by atoms with E-state index in [0.717, 1.165) is 18.4 Å². The number of aromatic hydroxyl groups is 1. The fraction of sp³-hybridized carbons (Fsp3) is 0.164. The van der Waals surface area contributed by atoms with E-state index in [2.05, 4.69) is 52.0 Å². The van der Waals surface area contributed by atoms with Crippen molar-refractivity contribution in [1.82, 2.24) is 0 Å². The molecule has 0 fully saturated rings.